The summed E-state index contributed by atoms with van der Waals surface area (Å²) in [7, 11) is -3.00. The molecule has 0 unspecified atom stereocenters. The molecule has 1 amide bonds. The largest absolute Gasteiger partial charge is 0.493 e. The molecule has 0 bridgehead atoms. The Bertz CT molecular complexity index is 861. The van der Waals surface area contributed by atoms with E-state index in [1.165, 1.54) is 11.3 Å². The van der Waals surface area contributed by atoms with Gasteiger partial charge in [-0.2, -0.15) is 0 Å². The van der Waals surface area contributed by atoms with Gasteiger partial charge in [-0.1, -0.05) is 12.1 Å². The van der Waals surface area contributed by atoms with Crippen molar-refractivity contribution >= 4 is 27.1 Å². The molecule has 0 spiro atoms. The Morgan fingerprint density at radius 2 is 2.20 bits per heavy atom. The van der Waals surface area contributed by atoms with Crippen LogP contribution >= 0.6 is 11.3 Å². The number of carbonyl (C=O) groups is 1. The van der Waals surface area contributed by atoms with Gasteiger partial charge in [-0.3, -0.25) is 4.79 Å². The minimum Gasteiger partial charge on any atom is -0.493 e. The standard InChI is InChI=1S/C17H20N2O4S2/c1-2-23-15-6-4-3-5-14(15)17-19-13(10-24-17)9-16(20)18-12-7-8-25(21,22)11-12/h3-6,10,12H,2,7-9,11H2,1H3,(H,18,20)/t12-/m1/s1. The molecule has 134 valence electrons. The number of rotatable bonds is 6. The summed E-state index contributed by atoms with van der Waals surface area (Å²) in [5.41, 5.74) is 1.58. The first-order chi connectivity index (χ1) is 12.0. The number of nitrogens with one attached hydrogen (secondary N) is 1. The van der Waals surface area contributed by atoms with Crippen molar-refractivity contribution in [1.29, 1.82) is 0 Å². The predicted molar refractivity (Wildman–Crippen MR) is 97.6 cm³/mol. The van der Waals surface area contributed by atoms with E-state index in [0.29, 0.717) is 18.7 Å². The maximum Gasteiger partial charge on any atom is 0.226 e. The van der Waals surface area contributed by atoms with E-state index in [1.807, 2.05) is 36.6 Å². The lowest BCUT2D eigenvalue weighted by Crippen LogP contribution is -2.36. The minimum absolute atomic E-state index is 0.0305. The normalized spacial score (nSPS) is 18.8. The van der Waals surface area contributed by atoms with E-state index < -0.39 is 9.84 Å². The fourth-order valence-electron chi connectivity index (χ4n) is 2.79. The second-order valence-corrected chi connectivity index (χ2v) is 9.00. The van der Waals surface area contributed by atoms with E-state index in [4.69, 9.17) is 4.74 Å². The number of para-hydroxylation sites is 1. The zero-order chi connectivity index (χ0) is 17.9. The van der Waals surface area contributed by atoms with Crippen LogP contribution in [0.1, 0.15) is 19.0 Å². The number of hydrogen-bond acceptors (Lipinski definition) is 6. The third-order valence-corrected chi connectivity index (χ3v) is 6.60. The molecule has 0 saturated carbocycles. The van der Waals surface area contributed by atoms with Gasteiger partial charge >= 0.3 is 0 Å². The topological polar surface area (TPSA) is 85.4 Å². The number of nitrogens with zero attached hydrogens (tertiary/aromatic N) is 1. The second kappa shape index (κ2) is 7.53. The smallest absolute Gasteiger partial charge is 0.226 e. The van der Waals surface area contributed by atoms with Crippen LogP contribution in [0, 0.1) is 0 Å². The predicted octanol–water partition coefficient (Wildman–Crippen LogP) is 2.05. The molecule has 8 heteroatoms. The zero-order valence-corrected chi connectivity index (χ0v) is 15.5. The first-order valence-corrected chi connectivity index (χ1v) is 10.8. The Kier molecular flexibility index (Phi) is 5.39. The van der Waals surface area contributed by atoms with Crippen molar-refractivity contribution in [3.05, 3.63) is 35.3 Å². The maximum absolute atomic E-state index is 12.1. The lowest BCUT2D eigenvalue weighted by molar-refractivity contribution is -0.121. The van der Waals surface area contributed by atoms with Crippen LogP contribution < -0.4 is 10.1 Å². The monoisotopic (exact) mass is 380 g/mol. The summed E-state index contributed by atoms with van der Waals surface area (Å²) < 4.78 is 28.5. The summed E-state index contributed by atoms with van der Waals surface area (Å²) >= 11 is 1.46. The number of carbonyl (C=O) groups excluding carboxylic acids is 1. The second-order valence-electron chi connectivity index (χ2n) is 5.92. The van der Waals surface area contributed by atoms with Crippen LogP contribution in [0.4, 0.5) is 0 Å². The average Bonchev–Trinajstić information content (AvgIpc) is 3.14. The first-order valence-electron chi connectivity index (χ1n) is 8.13. The Morgan fingerprint density at radius 3 is 2.92 bits per heavy atom. The van der Waals surface area contributed by atoms with Crippen molar-refractivity contribution in [3.8, 4) is 16.3 Å². The molecule has 25 heavy (non-hydrogen) atoms. The Balaban J connectivity index is 1.65. The van der Waals surface area contributed by atoms with E-state index in [0.717, 1.165) is 16.3 Å². The zero-order valence-electron chi connectivity index (χ0n) is 13.9. The highest BCUT2D eigenvalue weighted by Gasteiger charge is 2.29. The van der Waals surface area contributed by atoms with Gasteiger partial charge in [-0.15, -0.1) is 11.3 Å². The van der Waals surface area contributed by atoms with Crippen LogP contribution in [0.3, 0.4) is 0 Å². The number of benzene rings is 1. The third-order valence-electron chi connectivity index (χ3n) is 3.91. The van der Waals surface area contributed by atoms with Crippen LogP contribution in [0.15, 0.2) is 29.6 Å². The SMILES string of the molecule is CCOc1ccccc1-c1nc(CC(=O)N[C@@H]2CCS(=O)(=O)C2)cs1. The molecule has 1 aromatic heterocycles. The van der Waals surface area contributed by atoms with E-state index >= 15 is 0 Å². The summed E-state index contributed by atoms with van der Waals surface area (Å²) in [6.07, 6.45) is 0.627. The molecule has 1 N–H and O–H groups in total. The van der Waals surface area contributed by atoms with Crippen molar-refractivity contribution in [3.63, 3.8) is 0 Å². The number of ether oxygens (including phenoxy) is 1. The molecule has 1 aliphatic rings. The highest BCUT2D eigenvalue weighted by Crippen LogP contribution is 2.32. The van der Waals surface area contributed by atoms with Crippen molar-refractivity contribution in [2.75, 3.05) is 18.1 Å². The fraction of sp³-hybridized carbons (Fsp3) is 0.412. The molecule has 2 heterocycles. The molecule has 0 aliphatic carbocycles. The molecule has 1 saturated heterocycles. The van der Waals surface area contributed by atoms with Gasteiger partial charge in [0.25, 0.3) is 0 Å². The molecular weight excluding hydrogens is 360 g/mol. The molecule has 0 radical (unpaired) electrons. The Morgan fingerprint density at radius 1 is 1.40 bits per heavy atom. The highest BCUT2D eigenvalue weighted by atomic mass is 32.2. The van der Waals surface area contributed by atoms with E-state index in [1.54, 1.807) is 0 Å². The number of thiazole rings is 1. The van der Waals surface area contributed by atoms with Crippen LogP contribution in [-0.4, -0.2) is 43.5 Å². The third kappa shape index (κ3) is 4.58. The lowest BCUT2D eigenvalue weighted by Gasteiger charge is -2.09. The van der Waals surface area contributed by atoms with Gasteiger partial charge in [0.05, 0.1) is 35.8 Å². The number of sulfone groups is 1. The molecule has 2 aromatic rings. The first kappa shape index (κ1) is 17.9. The van der Waals surface area contributed by atoms with Gasteiger partial charge in [0, 0.05) is 11.4 Å². The molecule has 3 rings (SSSR count). The minimum atomic E-state index is -3.00. The Labute approximate surface area is 151 Å². The van der Waals surface area contributed by atoms with Crippen molar-refractivity contribution in [1.82, 2.24) is 10.3 Å². The van der Waals surface area contributed by atoms with Gasteiger partial charge < -0.3 is 10.1 Å². The lowest BCUT2D eigenvalue weighted by atomic mass is 10.2. The molecule has 1 aromatic carbocycles. The number of amides is 1. The number of aromatic nitrogens is 1. The molecule has 1 aliphatic heterocycles. The maximum atomic E-state index is 12.1. The van der Waals surface area contributed by atoms with Gasteiger partial charge in [0.2, 0.25) is 5.91 Å². The number of hydrogen-bond donors (Lipinski definition) is 1. The van der Waals surface area contributed by atoms with Gasteiger partial charge in [0.1, 0.15) is 10.8 Å². The molecule has 6 nitrogen and oxygen atoms in total. The van der Waals surface area contributed by atoms with Crippen molar-refractivity contribution in [2.45, 2.75) is 25.8 Å². The van der Waals surface area contributed by atoms with Crippen molar-refractivity contribution in [2.24, 2.45) is 0 Å². The fourth-order valence-corrected chi connectivity index (χ4v) is 5.31. The van der Waals surface area contributed by atoms with Crippen molar-refractivity contribution < 1.29 is 17.9 Å². The van der Waals surface area contributed by atoms with E-state index in [9.17, 15) is 13.2 Å². The summed E-state index contributed by atoms with van der Waals surface area (Å²) in [6.45, 7) is 2.50. The van der Waals surface area contributed by atoms with Crippen LogP contribution in [0.5, 0.6) is 5.75 Å². The summed E-state index contributed by atoms with van der Waals surface area (Å²) in [5, 5.41) is 5.44. The molecular formula is C17H20N2O4S2. The van der Waals surface area contributed by atoms with Crippen LogP contribution in [0.25, 0.3) is 10.6 Å². The Hall–Kier alpha value is -1.93. The van der Waals surface area contributed by atoms with Gasteiger partial charge in [-0.05, 0) is 25.5 Å². The average molecular weight is 380 g/mol. The summed E-state index contributed by atoms with van der Waals surface area (Å²) in [6, 6.07) is 7.39. The van der Waals surface area contributed by atoms with Gasteiger partial charge in [-0.25, -0.2) is 13.4 Å². The van der Waals surface area contributed by atoms with Crippen LogP contribution in [0.2, 0.25) is 0 Å². The summed E-state index contributed by atoms with van der Waals surface area (Å²) in [5.74, 6) is 0.749. The van der Waals surface area contributed by atoms with Crippen LogP contribution in [-0.2, 0) is 21.1 Å². The quantitative estimate of drug-likeness (QED) is 0.829. The van der Waals surface area contributed by atoms with Gasteiger partial charge in [0.15, 0.2) is 9.84 Å². The van der Waals surface area contributed by atoms with E-state index in [-0.39, 0.29) is 29.9 Å². The summed E-state index contributed by atoms with van der Waals surface area (Å²) in [4.78, 5) is 16.7. The molecule has 1 atom stereocenters. The molecule has 1 fully saturated rings. The highest BCUT2D eigenvalue weighted by molar-refractivity contribution is 7.91. The van der Waals surface area contributed by atoms with E-state index in [2.05, 4.69) is 10.3 Å².